The number of nitrogens with two attached hydrogens (primary N) is 1. The van der Waals surface area contributed by atoms with Crippen LogP contribution in [-0.4, -0.2) is 36.3 Å². The number of nitrogens with one attached hydrogen (secondary N) is 1. The lowest BCUT2D eigenvalue weighted by molar-refractivity contribution is -0.134. The van der Waals surface area contributed by atoms with Crippen LogP contribution in [0.1, 0.15) is 6.42 Å². The lowest BCUT2D eigenvalue weighted by atomic mass is 10.1. The van der Waals surface area contributed by atoms with E-state index in [1.165, 1.54) is 5.01 Å². The molecular weight excluding hydrogens is 301 g/mol. The average Bonchev–Trinajstić information content (AvgIpc) is 2.90. The Kier molecular flexibility index (Phi) is 4.34. The van der Waals surface area contributed by atoms with Crippen LogP contribution >= 0.6 is 0 Å². The first-order chi connectivity index (χ1) is 10.3. The fraction of sp³-hybridized carbons (Fsp3) is 0.308. The number of carbonyl (C=O) groups is 2. The number of anilines is 1. The summed E-state index contributed by atoms with van der Waals surface area (Å²) in [4.78, 5) is 23.2. The van der Waals surface area contributed by atoms with E-state index in [1.54, 1.807) is 35.6 Å². The highest BCUT2D eigenvalue weighted by atomic mass is 19.4. The molecule has 1 atom stereocenters. The van der Waals surface area contributed by atoms with E-state index in [-0.39, 0.29) is 12.1 Å². The van der Waals surface area contributed by atoms with Gasteiger partial charge in [0.15, 0.2) is 0 Å². The molecule has 9 heteroatoms. The molecule has 1 unspecified atom stereocenters. The zero-order valence-electron chi connectivity index (χ0n) is 11.3. The van der Waals surface area contributed by atoms with Gasteiger partial charge in [0.05, 0.1) is 5.69 Å². The van der Waals surface area contributed by atoms with Crippen LogP contribution in [0.3, 0.4) is 0 Å². The van der Waals surface area contributed by atoms with Crippen LogP contribution in [0.5, 0.6) is 0 Å². The van der Waals surface area contributed by atoms with Crippen molar-refractivity contribution >= 4 is 23.2 Å². The number of primary amides is 1. The maximum atomic E-state index is 12.1. The lowest BCUT2D eigenvalue weighted by Gasteiger charge is -2.20. The van der Waals surface area contributed by atoms with Crippen LogP contribution in [-0.2, 0) is 9.59 Å². The van der Waals surface area contributed by atoms with Crippen LogP contribution < -0.4 is 16.1 Å². The fourth-order valence-electron chi connectivity index (χ4n) is 1.97. The summed E-state index contributed by atoms with van der Waals surface area (Å²) in [5.41, 5.74) is 5.61. The van der Waals surface area contributed by atoms with Crippen molar-refractivity contribution in [2.75, 3.05) is 11.6 Å². The standard InChI is InChI=1S/C13H13F3N4O2/c14-13(15,16)7-18-12(22)9-6-10(11(17)21)20(19-9)8-4-2-1-3-5-8/h1-5,10H,6-7H2,(H2,17,21)(H,18,22). The van der Waals surface area contributed by atoms with Gasteiger partial charge < -0.3 is 11.1 Å². The largest absolute Gasteiger partial charge is 0.405 e. The zero-order valence-corrected chi connectivity index (χ0v) is 11.3. The lowest BCUT2D eigenvalue weighted by Crippen LogP contribution is -2.40. The summed E-state index contributed by atoms with van der Waals surface area (Å²) >= 11 is 0. The Morgan fingerprint density at radius 1 is 1.32 bits per heavy atom. The number of halogens is 3. The molecule has 0 saturated carbocycles. The van der Waals surface area contributed by atoms with Crippen molar-refractivity contribution in [3.8, 4) is 0 Å². The molecule has 2 amide bonds. The van der Waals surface area contributed by atoms with Crippen molar-refractivity contribution < 1.29 is 22.8 Å². The highest BCUT2D eigenvalue weighted by Gasteiger charge is 2.36. The smallest absolute Gasteiger partial charge is 0.368 e. The van der Waals surface area contributed by atoms with Gasteiger partial charge in [0, 0.05) is 6.42 Å². The first-order valence-electron chi connectivity index (χ1n) is 6.34. The van der Waals surface area contributed by atoms with E-state index in [0.29, 0.717) is 5.69 Å². The van der Waals surface area contributed by atoms with E-state index in [0.717, 1.165) is 0 Å². The quantitative estimate of drug-likeness (QED) is 0.861. The topological polar surface area (TPSA) is 87.8 Å². The molecule has 2 rings (SSSR count). The SMILES string of the molecule is NC(=O)C1CC(C(=O)NCC(F)(F)F)=NN1c1ccccc1. The Bertz CT molecular complexity index is 601. The Balaban J connectivity index is 2.16. The van der Waals surface area contributed by atoms with Crippen LogP contribution in [0.25, 0.3) is 0 Å². The third kappa shape index (κ3) is 3.74. The molecule has 1 aromatic carbocycles. The summed E-state index contributed by atoms with van der Waals surface area (Å²) in [7, 11) is 0. The van der Waals surface area contributed by atoms with E-state index in [1.807, 2.05) is 0 Å². The van der Waals surface area contributed by atoms with E-state index in [9.17, 15) is 22.8 Å². The molecule has 0 aromatic heterocycles. The second-order valence-corrected chi connectivity index (χ2v) is 4.65. The van der Waals surface area contributed by atoms with Crippen LogP contribution in [0.15, 0.2) is 35.4 Å². The molecule has 0 spiro atoms. The molecule has 0 radical (unpaired) electrons. The minimum Gasteiger partial charge on any atom is -0.368 e. The number of alkyl halides is 3. The Hall–Kier alpha value is -2.58. The van der Waals surface area contributed by atoms with Crippen LogP contribution in [0.4, 0.5) is 18.9 Å². The molecule has 1 aromatic rings. The van der Waals surface area contributed by atoms with Gasteiger partial charge in [0.2, 0.25) is 5.91 Å². The highest BCUT2D eigenvalue weighted by molar-refractivity contribution is 6.40. The summed E-state index contributed by atoms with van der Waals surface area (Å²) < 4.78 is 36.3. The second-order valence-electron chi connectivity index (χ2n) is 4.65. The fourth-order valence-corrected chi connectivity index (χ4v) is 1.97. The van der Waals surface area contributed by atoms with Gasteiger partial charge in [-0.2, -0.15) is 18.3 Å². The monoisotopic (exact) mass is 314 g/mol. The van der Waals surface area contributed by atoms with Gasteiger partial charge in [0.1, 0.15) is 18.3 Å². The van der Waals surface area contributed by atoms with E-state index < -0.39 is 30.6 Å². The number of nitrogens with zero attached hydrogens (tertiary/aromatic N) is 2. The Labute approximate surface area is 123 Å². The Morgan fingerprint density at radius 3 is 2.50 bits per heavy atom. The predicted molar refractivity (Wildman–Crippen MR) is 73.0 cm³/mol. The van der Waals surface area contributed by atoms with E-state index >= 15 is 0 Å². The summed E-state index contributed by atoms with van der Waals surface area (Å²) in [5.74, 6) is -1.69. The van der Waals surface area contributed by atoms with Crippen molar-refractivity contribution in [2.24, 2.45) is 10.8 Å². The van der Waals surface area contributed by atoms with Crippen molar-refractivity contribution in [3.63, 3.8) is 0 Å². The van der Waals surface area contributed by atoms with E-state index in [2.05, 4.69) is 5.10 Å². The van der Waals surface area contributed by atoms with Crippen LogP contribution in [0.2, 0.25) is 0 Å². The molecule has 1 heterocycles. The van der Waals surface area contributed by atoms with Gasteiger partial charge in [-0.15, -0.1) is 0 Å². The van der Waals surface area contributed by atoms with Crippen molar-refractivity contribution in [1.82, 2.24) is 5.32 Å². The third-order valence-corrected chi connectivity index (χ3v) is 2.97. The van der Waals surface area contributed by atoms with Gasteiger partial charge >= 0.3 is 6.18 Å². The second kappa shape index (κ2) is 6.04. The molecule has 6 nitrogen and oxygen atoms in total. The number of hydrazone groups is 1. The molecule has 1 aliphatic rings. The summed E-state index contributed by atoms with van der Waals surface area (Å²) in [6.07, 6.45) is -4.66. The normalized spacial score (nSPS) is 18.0. The average molecular weight is 314 g/mol. The predicted octanol–water partition coefficient (Wildman–Crippen LogP) is 0.785. The number of para-hydroxylation sites is 1. The first kappa shape index (κ1) is 15.8. The van der Waals surface area contributed by atoms with Gasteiger partial charge in [-0.25, -0.2) is 0 Å². The molecule has 1 aliphatic heterocycles. The minimum atomic E-state index is -4.52. The molecule has 22 heavy (non-hydrogen) atoms. The number of carbonyl (C=O) groups excluding carboxylic acids is 2. The summed E-state index contributed by atoms with van der Waals surface area (Å²) in [6.45, 7) is -1.46. The molecule has 3 N–H and O–H groups in total. The van der Waals surface area contributed by atoms with Gasteiger partial charge in [-0.05, 0) is 12.1 Å². The summed E-state index contributed by atoms with van der Waals surface area (Å²) in [6, 6.07) is 7.54. The third-order valence-electron chi connectivity index (χ3n) is 2.97. The maximum Gasteiger partial charge on any atom is 0.405 e. The number of amides is 2. The maximum absolute atomic E-state index is 12.1. The number of hydrogen-bond acceptors (Lipinski definition) is 4. The van der Waals surface area contributed by atoms with E-state index in [4.69, 9.17) is 5.73 Å². The zero-order chi connectivity index (χ0) is 16.3. The van der Waals surface area contributed by atoms with Gasteiger partial charge in [-0.3, -0.25) is 14.6 Å². The van der Waals surface area contributed by atoms with Crippen LogP contribution in [0, 0.1) is 0 Å². The molecule has 0 aliphatic carbocycles. The highest BCUT2D eigenvalue weighted by Crippen LogP contribution is 2.24. The van der Waals surface area contributed by atoms with Gasteiger partial charge in [0.25, 0.3) is 5.91 Å². The van der Waals surface area contributed by atoms with Gasteiger partial charge in [-0.1, -0.05) is 18.2 Å². The molecule has 0 saturated heterocycles. The van der Waals surface area contributed by atoms with Crippen molar-refractivity contribution in [1.29, 1.82) is 0 Å². The number of hydrogen-bond donors (Lipinski definition) is 2. The summed E-state index contributed by atoms with van der Waals surface area (Å²) in [5, 5.41) is 6.89. The first-order valence-corrected chi connectivity index (χ1v) is 6.34. The van der Waals surface area contributed by atoms with Crippen molar-refractivity contribution in [3.05, 3.63) is 30.3 Å². The number of benzene rings is 1. The molecule has 0 fully saturated rings. The molecular formula is C13H13F3N4O2. The minimum absolute atomic E-state index is 0.145. The Morgan fingerprint density at radius 2 is 1.95 bits per heavy atom. The number of rotatable bonds is 4. The molecule has 0 bridgehead atoms. The molecule has 118 valence electrons. The van der Waals surface area contributed by atoms with Crippen molar-refractivity contribution in [2.45, 2.75) is 18.6 Å².